The summed E-state index contributed by atoms with van der Waals surface area (Å²) >= 11 is 12.4. The van der Waals surface area contributed by atoms with Crippen LogP contribution in [0.4, 0.5) is 0 Å². The monoisotopic (exact) mass is 370 g/mol. The summed E-state index contributed by atoms with van der Waals surface area (Å²) < 4.78 is 1.97. The topological polar surface area (TPSA) is 74.7 Å². The minimum Gasteiger partial charge on any atom is -0.508 e. The number of phenolic OH excluding ortho intramolecular Hbond substituents is 1. The van der Waals surface area contributed by atoms with Crippen LogP contribution in [-0.2, 0) is 13.0 Å². The minimum atomic E-state index is -0.0512. The van der Waals surface area contributed by atoms with Crippen molar-refractivity contribution in [3.8, 4) is 23.2 Å². The standard InChI is InChI=1S/C18H12Cl2N4O/c19-13-5-6-14(25)16(17(13)20)11-7-15-22-23-18(24(15)9-11)12-4-2-1-3-10(12)8-21/h1-6,11,25H,7,9H2. The molecule has 1 unspecified atom stereocenters. The molecule has 1 aliphatic rings. The van der Waals surface area contributed by atoms with Gasteiger partial charge in [-0.05, 0) is 24.3 Å². The summed E-state index contributed by atoms with van der Waals surface area (Å²) in [6.45, 7) is 0.561. The molecular formula is C18H12Cl2N4O. The molecule has 1 atom stereocenters. The predicted octanol–water partition coefficient (Wildman–Crippen LogP) is 4.17. The van der Waals surface area contributed by atoms with E-state index in [1.54, 1.807) is 18.2 Å². The lowest BCUT2D eigenvalue weighted by atomic mass is 9.96. The first-order valence-electron chi connectivity index (χ1n) is 7.68. The van der Waals surface area contributed by atoms with Crippen LogP contribution in [0.2, 0.25) is 10.0 Å². The summed E-state index contributed by atoms with van der Waals surface area (Å²) in [6.07, 6.45) is 0.593. The molecule has 1 aromatic heterocycles. The van der Waals surface area contributed by atoms with Gasteiger partial charge < -0.3 is 9.67 Å². The molecule has 2 aromatic carbocycles. The van der Waals surface area contributed by atoms with Gasteiger partial charge in [-0.2, -0.15) is 5.26 Å². The zero-order chi connectivity index (χ0) is 17.6. The average molecular weight is 371 g/mol. The molecule has 0 saturated carbocycles. The zero-order valence-corrected chi connectivity index (χ0v) is 14.5. The molecule has 2 heterocycles. The van der Waals surface area contributed by atoms with Gasteiger partial charge in [0.05, 0.1) is 21.7 Å². The van der Waals surface area contributed by atoms with Crippen LogP contribution in [0.15, 0.2) is 36.4 Å². The number of halogens is 2. The molecule has 0 saturated heterocycles. The molecule has 0 fully saturated rings. The van der Waals surface area contributed by atoms with Crippen molar-refractivity contribution in [2.45, 2.75) is 18.9 Å². The number of fused-ring (bicyclic) bond motifs is 1. The Balaban J connectivity index is 1.76. The van der Waals surface area contributed by atoms with Crippen LogP contribution in [0, 0.1) is 11.3 Å². The third-order valence-corrected chi connectivity index (χ3v) is 5.28. The van der Waals surface area contributed by atoms with E-state index in [9.17, 15) is 10.4 Å². The van der Waals surface area contributed by atoms with Gasteiger partial charge in [0.15, 0.2) is 5.82 Å². The fourth-order valence-corrected chi connectivity index (χ4v) is 3.78. The number of nitriles is 1. The van der Waals surface area contributed by atoms with Gasteiger partial charge in [0.1, 0.15) is 11.6 Å². The first-order valence-corrected chi connectivity index (χ1v) is 8.44. The second-order valence-corrected chi connectivity index (χ2v) is 6.69. The van der Waals surface area contributed by atoms with Gasteiger partial charge >= 0.3 is 0 Å². The Morgan fingerprint density at radius 3 is 2.76 bits per heavy atom. The van der Waals surface area contributed by atoms with Gasteiger partial charge in [-0.15, -0.1) is 10.2 Å². The third kappa shape index (κ3) is 2.55. The molecule has 7 heteroatoms. The number of aromatic nitrogens is 3. The van der Waals surface area contributed by atoms with Crippen LogP contribution >= 0.6 is 23.2 Å². The summed E-state index contributed by atoms with van der Waals surface area (Å²) in [5.41, 5.74) is 1.91. The molecule has 3 aromatic rings. The van der Waals surface area contributed by atoms with Crippen LogP contribution in [0.25, 0.3) is 11.4 Å². The first-order chi connectivity index (χ1) is 12.1. The summed E-state index contributed by atoms with van der Waals surface area (Å²) in [4.78, 5) is 0. The molecule has 0 radical (unpaired) electrons. The molecule has 25 heavy (non-hydrogen) atoms. The largest absolute Gasteiger partial charge is 0.508 e. The molecule has 0 spiro atoms. The fraction of sp³-hybridized carbons (Fsp3) is 0.167. The fourth-order valence-electron chi connectivity index (χ4n) is 3.30. The second kappa shape index (κ2) is 6.07. The smallest absolute Gasteiger partial charge is 0.165 e. The predicted molar refractivity (Wildman–Crippen MR) is 94.7 cm³/mol. The van der Waals surface area contributed by atoms with Gasteiger partial charge in [0.2, 0.25) is 0 Å². The summed E-state index contributed by atoms with van der Waals surface area (Å²) in [5.74, 6) is 1.51. The Hall–Kier alpha value is -2.55. The van der Waals surface area contributed by atoms with E-state index < -0.39 is 0 Å². The van der Waals surface area contributed by atoms with Crippen LogP contribution in [0.5, 0.6) is 5.75 Å². The number of hydrogen-bond donors (Lipinski definition) is 1. The zero-order valence-electron chi connectivity index (χ0n) is 12.9. The van der Waals surface area contributed by atoms with E-state index in [1.807, 2.05) is 22.8 Å². The number of rotatable bonds is 2. The van der Waals surface area contributed by atoms with Crippen molar-refractivity contribution in [3.05, 3.63) is 63.4 Å². The Labute approximate surface area is 154 Å². The van der Waals surface area contributed by atoms with Gasteiger partial charge in [-0.3, -0.25) is 0 Å². The number of aromatic hydroxyl groups is 1. The normalized spacial score (nSPS) is 15.8. The van der Waals surface area contributed by atoms with E-state index in [0.29, 0.717) is 40.0 Å². The van der Waals surface area contributed by atoms with Crippen molar-refractivity contribution in [2.75, 3.05) is 0 Å². The van der Waals surface area contributed by atoms with Crippen LogP contribution in [0.1, 0.15) is 22.9 Å². The van der Waals surface area contributed by atoms with Crippen LogP contribution in [-0.4, -0.2) is 19.9 Å². The van der Waals surface area contributed by atoms with E-state index in [-0.39, 0.29) is 11.7 Å². The van der Waals surface area contributed by atoms with Gasteiger partial charge in [-0.25, -0.2) is 0 Å². The minimum absolute atomic E-state index is 0.0512. The molecule has 0 aliphatic carbocycles. The molecule has 0 amide bonds. The van der Waals surface area contributed by atoms with Crippen LogP contribution < -0.4 is 0 Å². The third-order valence-electron chi connectivity index (χ3n) is 4.47. The van der Waals surface area contributed by atoms with Gasteiger partial charge in [-0.1, -0.05) is 35.3 Å². The summed E-state index contributed by atoms with van der Waals surface area (Å²) in [6, 6.07) is 12.6. The first kappa shape index (κ1) is 15.9. The average Bonchev–Trinajstić information content (AvgIpc) is 3.19. The van der Waals surface area contributed by atoms with E-state index in [1.165, 1.54) is 0 Å². The van der Waals surface area contributed by atoms with E-state index >= 15 is 0 Å². The maximum atomic E-state index is 10.2. The highest BCUT2D eigenvalue weighted by Crippen LogP contribution is 2.42. The van der Waals surface area contributed by atoms with Gasteiger partial charge in [0, 0.05) is 30.0 Å². The van der Waals surface area contributed by atoms with Crippen molar-refractivity contribution in [2.24, 2.45) is 0 Å². The lowest BCUT2D eigenvalue weighted by molar-refractivity contribution is 0.459. The number of nitrogens with zero attached hydrogens (tertiary/aromatic N) is 4. The van der Waals surface area contributed by atoms with Crippen LogP contribution in [0.3, 0.4) is 0 Å². The molecule has 0 bridgehead atoms. The van der Waals surface area contributed by atoms with Gasteiger partial charge in [0.25, 0.3) is 0 Å². The van der Waals surface area contributed by atoms with Crippen molar-refractivity contribution >= 4 is 23.2 Å². The molecule has 4 rings (SSSR count). The summed E-state index contributed by atoms with van der Waals surface area (Å²) in [5, 5.41) is 28.8. The summed E-state index contributed by atoms with van der Waals surface area (Å²) in [7, 11) is 0. The number of phenols is 1. The lowest BCUT2D eigenvalue weighted by Crippen LogP contribution is -2.05. The SMILES string of the molecule is N#Cc1ccccc1-c1nnc2n1CC(c1c(O)ccc(Cl)c1Cl)C2. The maximum absolute atomic E-state index is 10.2. The number of hydrogen-bond acceptors (Lipinski definition) is 4. The Morgan fingerprint density at radius 1 is 1.16 bits per heavy atom. The second-order valence-electron chi connectivity index (χ2n) is 5.90. The van der Waals surface area contributed by atoms with Crippen molar-refractivity contribution in [1.29, 1.82) is 5.26 Å². The quantitative estimate of drug-likeness (QED) is 0.734. The Morgan fingerprint density at radius 2 is 1.96 bits per heavy atom. The molecule has 124 valence electrons. The van der Waals surface area contributed by atoms with E-state index in [2.05, 4.69) is 16.3 Å². The molecular weight excluding hydrogens is 359 g/mol. The molecule has 5 nitrogen and oxygen atoms in total. The van der Waals surface area contributed by atoms with E-state index in [0.717, 1.165) is 11.4 Å². The highest BCUT2D eigenvalue weighted by atomic mass is 35.5. The van der Waals surface area contributed by atoms with Crippen molar-refractivity contribution in [1.82, 2.24) is 14.8 Å². The highest BCUT2D eigenvalue weighted by Gasteiger charge is 2.31. The van der Waals surface area contributed by atoms with E-state index in [4.69, 9.17) is 23.2 Å². The highest BCUT2D eigenvalue weighted by molar-refractivity contribution is 6.42. The molecule has 1 aliphatic heterocycles. The Kier molecular flexibility index (Phi) is 3.87. The maximum Gasteiger partial charge on any atom is 0.165 e. The lowest BCUT2D eigenvalue weighted by Gasteiger charge is -2.15. The Bertz CT molecular complexity index is 1020. The van der Waals surface area contributed by atoms with Crippen molar-refractivity contribution < 1.29 is 5.11 Å². The number of benzene rings is 2. The molecule has 1 N–H and O–H groups in total. The van der Waals surface area contributed by atoms with Crippen molar-refractivity contribution in [3.63, 3.8) is 0 Å².